The molecular weight excluding hydrogens is 332 g/mol. The molecule has 7 nitrogen and oxygen atoms in total. The lowest BCUT2D eigenvalue weighted by Gasteiger charge is -2.12. The molecule has 138 valence electrons. The van der Waals surface area contributed by atoms with E-state index in [2.05, 4.69) is 20.6 Å². The van der Waals surface area contributed by atoms with E-state index < -0.39 is 0 Å². The molecule has 0 spiro atoms. The SMILES string of the molecule is COc1ccc(CNc2nc(C)cc(C(=O)NCC3CCCO3)n2)cc1. The molecule has 0 saturated carbocycles. The summed E-state index contributed by atoms with van der Waals surface area (Å²) >= 11 is 0. The van der Waals surface area contributed by atoms with Gasteiger partial charge in [0.25, 0.3) is 5.91 Å². The first-order valence-corrected chi connectivity index (χ1v) is 8.76. The van der Waals surface area contributed by atoms with Gasteiger partial charge in [-0.1, -0.05) is 12.1 Å². The second-order valence-corrected chi connectivity index (χ2v) is 6.26. The standard InChI is InChI=1S/C19H24N4O3/c1-13-10-17(18(24)20-12-16-4-3-9-26-16)23-19(22-13)21-11-14-5-7-15(25-2)8-6-14/h5-8,10,16H,3-4,9,11-12H2,1-2H3,(H,20,24)(H,21,22,23). The lowest BCUT2D eigenvalue weighted by Crippen LogP contribution is -2.32. The first-order chi connectivity index (χ1) is 12.6. The summed E-state index contributed by atoms with van der Waals surface area (Å²) in [6, 6.07) is 9.42. The summed E-state index contributed by atoms with van der Waals surface area (Å²) in [7, 11) is 1.64. The number of amides is 1. The third-order valence-corrected chi connectivity index (χ3v) is 4.21. The molecule has 3 rings (SSSR count). The summed E-state index contributed by atoms with van der Waals surface area (Å²) < 4.78 is 10.7. The van der Waals surface area contributed by atoms with Crippen LogP contribution in [0.5, 0.6) is 5.75 Å². The minimum atomic E-state index is -0.210. The third kappa shape index (κ3) is 4.92. The fourth-order valence-corrected chi connectivity index (χ4v) is 2.79. The Morgan fingerprint density at radius 2 is 2.12 bits per heavy atom. The van der Waals surface area contributed by atoms with Crippen LogP contribution in [-0.4, -0.2) is 42.2 Å². The molecule has 1 amide bonds. The van der Waals surface area contributed by atoms with Crippen LogP contribution in [0, 0.1) is 6.92 Å². The van der Waals surface area contributed by atoms with Gasteiger partial charge in [-0.25, -0.2) is 9.97 Å². The second-order valence-electron chi connectivity index (χ2n) is 6.26. The maximum Gasteiger partial charge on any atom is 0.270 e. The lowest BCUT2D eigenvalue weighted by atomic mass is 10.2. The number of rotatable bonds is 7. The topological polar surface area (TPSA) is 85.4 Å². The monoisotopic (exact) mass is 356 g/mol. The summed E-state index contributed by atoms with van der Waals surface area (Å²) in [5.41, 5.74) is 2.16. The van der Waals surface area contributed by atoms with Crippen LogP contribution in [0.1, 0.15) is 34.6 Å². The molecule has 1 fully saturated rings. The Kier molecular flexibility index (Phi) is 6.01. The molecule has 1 aromatic heterocycles. The van der Waals surface area contributed by atoms with E-state index in [0.29, 0.717) is 24.7 Å². The van der Waals surface area contributed by atoms with Gasteiger partial charge in [0, 0.05) is 25.4 Å². The summed E-state index contributed by atoms with van der Waals surface area (Å²) in [4.78, 5) is 21.0. The highest BCUT2D eigenvalue weighted by Gasteiger charge is 2.17. The summed E-state index contributed by atoms with van der Waals surface area (Å²) in [5, 5.41) is 6.05. The zero-order valence-corrected chi connectivity index (χ0v) is 15.1. The summed E-state index contributed by atoms with van der Waals surface area (Å²) in [6.45, 7) is 3.69. The highest BCUT2D eigenvalue weighted by Crippen LogP contribution is 2.13. The predicted octanol–water partition coefficient (Wildman–Crippen LogP) is 2.31. The molecule has 26 heavy (non-hydrogen) atoms. The number of hydrogen-bond acceptors (Lipinski definition) is 6. The van der Waals surface area contributed by atoms with E-state index in [1.165, 1.54) is 0 Å². The molecule has 1 aliphatic heterocycles. The Balaban J connectivity index is 1.59. The van der Waals surface area contributed by atoms with Crippen molar-refractivity contribution < 1.29 is 14.3 Å². The number of aromatic nitrogens is 2. The van der Waals surface area contributed by atoms with Gasteiger partial charge < -0.3 is 20.1 Å². The Morgan fingerprint density at radius 1 is 1.31 bits per heavy atom. The molecule has 0 aliphatic carbocycles. The van der Waals surface area contributed by atoms with Crippen molar-refractivity contribution in [1.29, 1.82) is 0 Å². The second kappa shape index (κ2) is 8.62. The van der Waals surface area contributed by atoms with Crippen LogP contribution >= 0.6 is 0 Å². The fraction of sp³-hybridized carbons (Fsp3) is 0.421. The van der Waals surface area contributed by atoms with Gasteiger partial charge in [0.1, 0.15) is 11.4 Å². The van der Waals surface area contributed by atoms with Crippen molar-refractivity contribution in [1.82, 2.24) is 15.3 Å². The quantitative estimate of drug-likeness (QED) is 0.792. The van der Waals surface area contributed by atoms with Crippen LogP contribution in [0.15, 0.2) is 30.3 Å². The Labute approximate surface area is 153 Å². The minimum absolute atomic E-state index is 0.106. The molecule has 1 saturated heterocycles. The van der Waals surface area contributed by atoms with E-state index in [0.717, 1.165) is 36.5 Å². The average Bonchev–Trinajstić information content (AvgIpc) is 3.18. The van der Waals surface area contributed by atoms with Gasteiger partial charge in [-0.05, 0) is 43.5 Å². The zero-order valence-electron chi connectivity index (χ0n) is 15.1. The molecule has 7 heteroatoms. The Morgan fingerprint density at radius 3 is 2.81 bits per heavy atom. The molecule has 0 bridgehead atoms. The highest BCUT2D eigenvalue weighted by molar-refractivity contribution is 5.92. The maximum absolute atomic E-state index is 12.4. The van der Waals surface area contributed by atoms with Gasteiger partial charge >= 0.3 is 0 Å². The third-order valence-electron chi connectivity index (χ3n) is 4.21. The van der Waals surface area contributed by atoms with Crippen LogP contribution in [0.25, 0.3) is 0 Å². The number of ether oxygens (including phenoxy) is 2. The highest BCUT2D eigenvalue weighted by atomic mass is 16.5. The number of hydrogen-bond donors (Lipinski definition) is 2. The van der Waals surface area contributed by atoms with Crippen LogP contribution in [0.4, 0.5) is 5.95 Å². The largest absolute Gasteiger partial charge is 0.497 e. The number of aryl methyl sites for hydroxylation is 1. The van der Waals surface area contributed by atoms with E-state index in [1.54, 1.807) is 13.2 Å². The maximum atomic E-state index is 12.4. The molecule has 1 aliphatic rings. The number of carbonyl (C=O) groups is 1. The van der Waals surface area contributed by atoms with Crippen molar-refractivity contribution in [2.75, 3.05) is 25.6 Å². The minimum Gasteiger partial charge on any atom is -0.497 e. The van der Waals surface area contributed by atoms with E-state index in [9.17, 15) is 4.79 Å². The first-order valence-electron chi connectivity index (χ1n) is 8.76. The molecule has 2 aromatic rings. The predicted molar refractivity (Wildman–Crippen MR) is 98.4 cm³/mol. The van der Waals surface area contributed by atoms with Crippen molar-refractivity contribution >= 4 is 11.9 Å². The van der Waals surface area contributed by atoms with Crippen molar-refractivity contribution in [3.05, 3.63) is 47.3 Å². The van der Waals surface area contributed by atoms with E-state index in [-0.39, 0.29) is 12.0 Å². The molecule has 1 atom stereocenters. The smallest absolute Gasteiger partial charge is 0.270 e. The summed E-state index contributed by atoms with van der Waals surface area (Å²) in [6.07, 6.45) is 2.14. The number of carbonyl (C=O) groups excluding carboxylic acids is 1. The number of benzene rings is 1. The molecule has 1 unspecified atom stereocenters. The van der Waals surface area contributed by atoms with Crippen molar-refractivity contribution in [3.8, 4) is 5.75 Å². The van der Waals surface area contributed by atoms with Gasteiger partial charge in [-0.3, -0.25) is 4.79 Å². The van der Waals surface area contributed by atoms with Crippen LogP contribution in [0.3, 0.4) is 0 Å². The van der Waals surface area contributed by atoms with Crippen molar-refractivity contribution in [2.45, 2.75) is 32.4 Å². The Hall–Kier alpha value is -2.67. The normalized spacial score (nSPS) is 16.3. The molecule has 2 N–H and O–H groups in total. The molecule has 1 aromatic carbocycles. The first kappa shape index (κ1) is 18.1. The number of nitrogens with zero attached hydrogens (tertiary/aromatic N) is 2. The lowest BCUT2D eigenvalue weighted by molar-refractivity contribution is 0.0853. The van der Waals surface area contributed by atoms with Crippen molar-refractivity contribution in [2.24, 2.45) is 0 Å². The van der Waals surface area contributed by atoms with Gasteiger partial charge in [0.05, 0.1) is 13.2 Å². The van der Waals surface area contributed by atoms with Gasteiger partial charge in [-0.15, -0.1) is 0 Å². The van der Waals surface area contributed by atoms with Crippen LogP contribution in [-0.2, 0) is 11.3 Å². The average molecular weight is 356 g/mol. The van der Waals surface area contributed by atoms with Gasteiger partial charge in [0.15, 0.2) is 0 Å². The number of anilines is 1. The Bertz CT molecular complexity index is 743. The fourth-order valence-electron chi connectivity index (χ4n) is 2.79. The van der Waals surface area contributed by atoms with Gasteiger partial charge in [-0.2, -0.15) is 0 Å². The number of nitrogens with one attached hydrogen (secondary N) is 2. The van der Waals surface area contributed by atoms with Crippen molar-refractivity contribution in [3.63, 3.8) is 0 Å². The van der Waals surface area contributed by atoms with Gasteiger partial charge in [0.2, 0.25) is 5.95 Å². The van der Waals surface area contributed by atoms with E-state index in [1.807, 2.05) is 31.2 Å². The molecule has 2 heterocycles. The molecule has 0 radical (unpaired) electrons. The molecular formula is C19H24N4O3. The van der Waals surface area contributed by atoms with E-state index >= 15 is 0 Å². The van der Waals surface area contributed by atoms with Crippen LogP contribution < -0.4 is 15.4 Å². The summed E-state index contributed by atoms with van der Waals surface area (Å²) in [5.74, 6) is 1.03. The zero-order chi connectivity index (χ0) is 18.4. The van der Waals surface area contributed by atoms with E-state index in [4.69, 9.17) is 9.47 Å². The van der Waals surface area contributed by atoms with Crippen LogP contribution in [0.2, 0.25) is 0 Å². The number of methoxy groups -OCH3 is 1.